The average Bonchev–Trinajstić information content (AvgIpc) is 3.56. The van der Waals surface area contributed by atoms with Gasteiger partial charge < -0.3 is 0 Å². The van der Waals surface area contributed by atoms with Gasteiger partial charge in [0.15, 0.2) is 46.5 Å². The summed E-state index contributed by atoms with van der Waals surface area (Å²) < 4.78 is 119. The van der Waals surface area contributed by atoms with Crippen molar-refractivity contribution in [1.82, 2.24) is 9.13 Å². The molecule has 216 valence electrons. The molecule has 0 saturated heterocycles. The summed E-state index contributed by atoms with van der Waals surface area (Å²) in [6.07, 6.45) is 0. The van der Waals surface area contributed by atoms with Crippen LogP contribution in [0, 0.1) is 46.5 Å². The number of hydrogen-bond acceptors (Lipinski definition) is 0. The number of fused-ring (bicyclic) bond motifs is 7. The lowest BCUT2D eigenvalue weighted by Gasteiger charge is -2.15. The molecule has 0 aliphatic rings. The Hall–Kier alpha value is -5.38. The van der Waals surface area contributed by atoms with Gasteiger partial charge in [0, 0.05) is 49.1 Å². The fourth-order valence-electron chi connectivity index (χ4n) is 6.17. The van der Waals surface area contributed by atoms with Crippen LogP contribution in [0.1, 0.15) is 0 Å². The molecule has 0 radical (unpaired) electrons. The first-order chi connectivity index (χ1) is 21.2. The van der Waals surface area contributed by atoms with Crippen LogP contribution in [0.15, 0.2) is 84.9 Å². The molecule has 0 spiro atoms. The van der Waals surface area contributed by atoms with E-state index >= 15 is 0 Å². The molecule has 10 heteroatoms. The highest BCUT2D eigenvalue weighted by molar-refractivity contribution is 6.22. The molecule has 2 nitrogen and oxygen atoms in total. The Morgan fingerprint density at radius 1 is 0.341 bits per heavy atom. The van der Waals surface area contributed by atoms with Crippen molar-refractivity contribution in [3.63, 3.8) is 0 Å². The molecule has 44 heavy (non-hydrogen) atoms. The van der Waals surface area contributed by atoms with Crippen LogP contribution in [0.2, 0.25) is 0 Å². The molecule has 2 heterocycles. The highest BCUT2D eigenvalue weighted by atomic mass is 19.2. The number of rotatable bonds is 2. The third-order valence-electron chi connectivity index (χ3n) is 8.10. The van der Waals surface area contributed by atoms with Gasteiger partial charge in [-0.2, -0.15) is 0 Å². The van der Waals surface area contributed by atoms with E-state index in [-0.39, 0.29) is 11.4 Å². The van der Waals surface area contributed by atoms with Crippen LogP contribution in [-0.4, -0.2) is 9.13 Å². The average molecular weight is 602 g/mol. The van der Waals surface area contributed by atoms with Gasteiger partial charge in [0.2, 0.25) is 0 Å². The molecule has 0 fully saturated rings. The van der Waals surface area contributed by atoms with E-state index in [1.54, 1.807) is 45.5 Å². The number of nitrogens with zero attached hydrogens (tertiary/aromatic N) is 2. The van der Waals surface area contributed by atoms with Crippen LogP contribution in [0.5, 0.6) is 0 Å². The minimum absolute atomic E-state index is 0.253. The molecule has 6 aromatic carbocycles. The summed E-state index contributed by atoms with van der Waals surface area (Å²) in [4.78, 5) is 0. The van der Waals surface area contributed by atoms with Crippen LogP contribution in [0.3, 0.4) is 0 Å². The number of halogens is 8. The Bertz CT molecular complexity index is 2370. The van der Waals surface area contributed by atoms with E-state index in [2.05, 4.69) is 0 Å². The van der Waals surface area contributed by atoms with Gasteiger partial charge in [-0.15, -0.1) is 0 Å². The summed E-state index contributed by atoms with van der Waals surface area (Å²) in [5, 5.41) is 0.271. The molecule has 0 aliphatic heterocycles. The van der Waals surface area contributed by atoms with Gasteiger partial charge in [0.1, 0.15) is 5.65 Å². The van der Waals surface area contributed by atoms with Gasteiger partial charge in [0.25, 0.3) is 0 Å². The third-order valence-corrected chi connectivity index (χ3v) is 8.10. The Kier molecular flexibility index (Phi) is 5.41. The Morgan fingerprint density at radius 2 is 0.705 bits per heavy atom. The number of para-hydroxylation sites is 2. The molecule has 0 unspecified atom stereocenters. The molecule has 0 bridgehead atoms. The highest BCUT2D eigenvalue weighted by Crippen LogP contribution is 2.42. The van der Waals surface area contributed by atoms with Gasteiger partial charge in [-0.1, -0.05) is 36.4 Å². The van der Waals surface area contributed by atoms with Crippen molar-refractivity contribution in [3.8, 4) is 11.4 Å². The van der Waals surface area contributed by atoms with Crippen molar-refractivity contribution < 1.29 is 35.1 Å². The molecule has 0 N–H and O–H groups in total. The fourth-order valence-corrected chi connectivity index (χ4v) is 6.17. The van der Waals surface area contributed by atoms with E-state index in [1.165, 1.54) is 24.3 Å². The van der Waals surface area contributed by atoms with Crippen molar-refractivity contribution >= 4 is 54.4 Å². The molecule has 8 rings (SSSR count). The molecular weight excluding hydrogens is 588 g/mol. The third kappa shape index (κ3) is 3.30. The van der Waals surface area contributed by atoms with Crippen molar-refractivity contribution in [2.75, 3.05) is 0 Å². The summed E-state index contributed by atoms with van der Waals surface area (Å²) in [5.74, 6) is -13.9. The van der Waals surface area contributed by atoms with Crippen molar-refractivity contribution in [2.24, 2.45) is 0 Å². The summed E-state index contributed by atoms with van der Waals surface area (Å²) in [5.41, 5.74) is 2.15. The molecule has 0 saturated carbocycles. The zero-order chi connectivity index (χ0) is 30.6. The van der Waals surface area contributed by atoms with Gasteiger partial charge >= 0.3 is 0 Å². The van der Waals surface area contributed by atoms with Crippen molar-refractivity contribution in [3.05, 3.63) is 131 Å². The largest absolute Gasteiger partial charge is 0.295 e. The Morgan fingerprint density at radius 3 is 1.11 bits per heavy atom. The van der Waals surface area contributed by atoms with Crippen LogP contribution in [-0.2, 0) is 0 Å². The molecule has 2 aromatic heterocycles. The zero-order valence-electron chi connectivity index (χ0n) is 22.0. The Labute approximate surface area is 241 Å². The van der Waals surface area contributed by atoms with Crippen LogP contribution < -0.4 is 0 Å². The van der Waals surface area contributed by atoms with Crippen LogP contribution in [0.4, 0.5) is 35.1 Å². The first kappa shape index (κ1) is 26.3. The lowest BCUT2D eigenvalue weighted by atomic mass is 10.1. The smallest absolute Gasteiger partial charge is 0.198 e. The monoisotopic (exact) mass is 602 g/mol. The van der Waals surface area contributed by atoms with E-state index < -0.39 is 68.1 Å². The van der Waals surface area contributed by atoms with Gasteiger partial charge in [0.05, 0.1) is 11.0 Å². The lowest BCUT2D eigenvalue weighted by molar-refractivity contribution is 0.418. The van der Waals surface area contributed by atoms with Gasteiger partial charge in [-0.3, -0.25) is 9.13 Å². The molecule has 0 atom stereocenters. The van der Waals surface area contributed by atoms with Gasteiger partial charge in [-0.25, -0.2) is 35.1 Å². The van der Waals surface area contributed by atoms with E-state index in [4.69, 9.17) is 0 Å². The molecular formula is C34H14F8N2. The number of benzene rings is 6. The normalized spacial score (nSPS) is 12.1. The molecule has 0 aliphatic carbocycles. The summed E-state index contributed by atoms with van der Waals surface area (Å²) in [7, 11) is 0. The topological polar surface area (TPSA) is 9.86 Å². The van der Waals surface area contributed by atoms with E-state index in [0.29, 0.717) is 22.1 Å². The maximum atomic E-state index is 15.0. The quantitative estimate of drug-likeness (QED) is 0.106. The minimum atomic E-state index is -1.95. The fraction of sp³-hybridized carbons (Fsp3) is 0. The van der Waals surface area contributed by atoms with Crippen LogP contribution >= 0.6 is 0 Å². The van der Waals surface area contributed by atoms with E-state index in [0.717, 1.165) is 22.9 Å². The predicted molar refractivity (Wildman–Crippen MR) is 152 cm³/mol. The van der Waals surface area contributed by atoms with E-state index in [9.17, 15) is 35.1 Å². The maximum Gasteiger partial charge on any atom is 0.198 e. The highest BCUT2D eigenvalue weighted by Gasteiger charge is 2.26. The van der Waals surface area contributed by atoms with Crippen molar-refractivity contribution in [2.45, 2.75) is 0 Å². The first-order valence-electron chi connectivity index (χ1n) is 13.2. The Balaban J connectivity index is 1.55. The SMILES string of the molecule is Fc1c(F)c(F)c2cc(-n3c4ccccc4c4c5ccccc5n(-c5ccc6c(F)c(F)c(F)c(F)c6c5)c43)ccc2c1F. The minimum Gasteiger partial charge on any atom is -0.295 e. The van der Waals surface area contributed by atoms with Gasteiger partial charge in [-0.05, 0) is 48.5 Å². The standard InChI is InChI=1S/C34H14F8N2/c35-26-17-11-9-15(13-21(17)28(37)32(41)30(26)39)43-23-7-3-1-5-19(23)25-20-6-2-4-8-24(20)44(34(25)43)16-10-12-18-22(14-16)29(38)33(42)31(40)27(18)36/h1-14H. The predicted octanol–water partition coefficient (Wildman–Crippen LogP) is 10.1. The van der Waals surface area contributed by atoms with E-state index in [1.807, 2.05) is 12.1 Å². The zero-order valence-corrected chi connectivity index (χ0v) is 22.0. The second-order valence-corrected chi connectivity index (χ2v) is 10.4. The lowest BCUT2D eigenvalue weighted by Crippen LogP contribution is -2.04. The summed E-state index contributed by atoms with van der Waals surface area (Å²) >= 11 is 0. The van der Waals surface area contributed by atoms with Crippen LogP contribution in [0.25, 0.3) is 65.8 Å². The molecule has 8 aromatic rings. The molecule has 0 amide bonds. The first-order valence-corrected chi connectivity index (χ1v) is 13.2. The van der Waals surface area contributed by atoms with Crippen molar-refractivity contribution in [1.29, 1.82) is 0 Å². The maximum absolute atomic E-state index is 15.0. The number of hydrogen-bond donors (Lipinski definition) is 0. The number of aromatic nitrogens is 2. The second-order valence-electron chi connectivity index (χ2n) is 10.4. The summed E-state index contributed by atoms with van der Waals surface area (Å²) in [6.45, 7) is 0. The summed E-state index contributed by atoms with van der Waals surface area (Å²) in [6, 6.07) is 21.9. The second kappa shape index (κ2) is 9.06.